The van der Waals surface area contributed by atoms with E-state index in [0.29, 0.717) is 11.3 Å². The fraction of sp³-hybridized carbons (Fsp3) is 0.895. The minimum Gasteiger partial charge on any atom is -0.357 e. The number of hydrogen-bond acceptors (Lipinski definition) is 3. The second-order valence-corrected chi connectivity index (χ2v) is 8.21. The maximum absolute atomic E-state index is 12.6. The number of nitrogens with zero attached hydrogens (tertiary/aromatic N) is 4. The number of rotatable bonds is 5. The molecule has 3 fully saturated rings. The van der Waals surface area contributed by atoms with Gasteiger partial charge in [-0.1, -0.05) is 6.92 Å². The van der Waals surface area contributed by atoms with Gasteiger partial charge in [0.15, 0.2) is 5.96 Å². The summed E-state index contributed by atoms with van der Waals surface area (Å²) >= 11 is 0. The SMILES string of the molecule is CCNC(=NCC1(C)CC1)N1CCN(C(C)C(=O)N2CCCC2)CC1. The molecule has 25 heavy (non-hydrogen) atoms. The smallest absolute Gasteiger partial charge is 0.239 e. The van der Waals surface area contributed by atoms with Crippen molar-refractivity contribution in [3.05, 3.63) is 0 Å². The van der Waals surface area contributed by atoms with Crippen molar-refractivity contribution in [3.63, 3.8) is 0 Å². The fourth-order valence-electron chi connectivity index (χ4n) is 3.74. The van der Waals surface area contributed by atoms with Crippen LogP contribution in [0.3, 0.4) is 0 Å². The van der Waals surface area contributed by atoms with E-state index in [9.17, 15) is 4.79 Å². The maximum atomic E-state index is 12.6. The molecule has 2 saturated heterocycles. The van der Waals surface area contributed by atoms with Gasteiger partial charge in [0, 0.05) is 52.4 Å². The van der Waals surface area contributed by atoms with Gasteiger partial charge in [-0.25, -0.2) is 0 Å². The molecule has 6 heteroatoms. The summed E-state index contributed by atoms with van der Waals surface area (Å²) in [4.78, 5) is 24.2. The number of amides is 1. The van der Waals surface area contributed by atoms with Crippen LogP contribution >= 0.6 is 0 Å². The largest absolute Gasteiger partial charge is 0.357 e. The molecule has 0 bridgehead atoms. The molecule has 1 unspecified atom stereocenters. The van der Waals surface area contributed by atoms with Crippen LogP contribution in [-0.4, -0.2) is 85.0 Å². The first kappa shape index (κ1) is 18.5. The Morgan fingerprint density at radius 2 is 1.72 bits per heavy atom. The molecular formula is C19H35N5O. The van der Waals surface area contributed by atoms with Crippen LogP contribution in [0.1, 0.15) is 46.5 Å². The Hall–Kier alpha value is -1.30. The van der Waals surface area contributed by atoms with Gasteiger partial charge in [0.1, 0.15) is 0 Å². The van der Waals surface area contributed by atoms with Crippen LogP contribution in [0.15, 0.2) is 4.99 Å². The number of carbonyl (C=O) groups is 1. The molecule has 142 valence electrons. The highest BCUT2D eigenvalue weighted by Gasteiger charge is 2.37. The summed E-state index contributed by atoms with van der Waals surface area (Å²) in [5.74, 6) is 1.36. The lowest BCUT2D eigenvalue weighted by atomic mass is 10.1. The highest BCUT2D eigenvalue weighted by Crippen LogP contribution is 2.45. The van der Waals surface area contributed by atoms with Crippen molar-refractivity contribution in [1.29, 1.82) is 0 Å². The van der Waals surface area contributed by atoms with Gasteiger partial charge in [0.05, 0.1) is 6.04 Å². The Labute approximate surface area is 152 Å². The van der Waals surface area contributed by atoms with Gasteiger partial charge >= 0.3 is 0 Å². The van der Waals surface area contributed by atoms with Crippen molar-refractivity contribution in [2.45, 2.75) is 52.5 Å². The third kappa shape index (κ3) is 4.66. The Balaban J connectivity index is 1.51. The first-order valence-electron chi connectivity index (χ1n) is 10.1. The molecule has 3 rings (SSSR count). The van der Waals surface area contributed by atoms with Crippen LogP contribution in [0.25, 0.3) is 0 Å². The number of hydrogen-bond donors (Lipinski definition) is 1. The lowest BCUT2D eigenvalue weighted by molar-refractivity contribution is -0.135. The van der Waals surface area contributed by atoms with Crippen LogP contribution in [0, 0.1) is 5.41 Å². The summed E-state index contributed by atoms with van der Waals surface area (Å²) in [5, 5.41) is 3.45. The molecule has 0 radical (unpaired) electrons. The minimum atomic E-state index is 0.00477. The van der Waals surface area contributed by atoms with Crippen LogP contribution in [0.4, 0.5) is 0 Å². The average molecular weight is 350 g/mol. The summed E-state index contributed by atoms with van der Waals surface area (Å²) in [6.07, 6.45) is 4.93. The highest BCUT2D eigenvalue weighted by molar-refractivity contribution is 5.82. The van der Waals surface area contributed by atoms with Crippen LogP contribution < -0.4 is 5.32 Å². The molecule has 0 aromatic rings. The standard InChI is InChI=1S/C19H35N5O/c1-4-20-18(21-15-19(3)7-8-19)24-13-11-22(12-14-24)16(2)17(25)23-9-5-6-10-23/h16H,4-15H2,1-3H3,(H,20,21). The molecule has 3 aliphatic rings. The Morgan fingerprint density at radius 1 is 1.08 bits per heavy atom. The summed E-state index contributed by atoms with van der Waals surface area (Å²) < 4.78 is 0. The predicted molar refractivity (Wildman–Crippen MR) is 102 cm³/mol. The van der Waals surface area contributed by atoms with Gasteiger partial charge in [-0.2, -0.15) is 0 Å². The van der Waals surface area contributed by atoms with Gasteiger partial charge in [-0.15, -0.1) is 0 Å². The topological polar surface area (TPSA) is 51.2 Å². The maximum Gasteiger partial charge on any atom is 0.239 e. The molecule has 0 aromatic heterocycles. The lowest BCUT2D eigenvalue weighted by Gasteiger charge is -2.39. The molecule has 0 aromatic carbocycles. The molecule has 2 aliphatic heterocycles. The molecule has 0 spiro atoms. The van der Waals surface area contributed by atoms with Gasteiger partial charge in [-0.3, -0.25) is 14.7 Å². The van der Waals surface area contributed by atoms with Crippen LogP contribution in [-0.2, 0) is 4.79 Å². The fourth-order valence-corrected chi connectivity index (χ4v) is 3.74. The number of carbonyl (C=O) groups excluding carboxylic acids is 1. The van der Waals surface area contributed by atoms with Crippen molar-refractivity contribution >= 4 is 11.9 Å². The summed E-state index contributed by atoms with van der Waals surface area (Å²) in [5.41, 5.74) is 0.444. The number of aliphatic imine (C=N–C) groups is 1. The first-order chi connectivity index (χ1) is 12.0. The van der Waals surface area contributed by atoms with Crippen molar-refractivity contribution in [2.75, 3.05) is 52.4 Å². The second kappa shape index (κ2) is 7.94. The lowest BCUT2D eigenvalue weighted by Crippen LogP contribution is -2.57. The summed E-state index contributed by atoms with van der Waals surface area (Å²) in [6.45, 7) is 14.0. The van der Waals surface area contributed by atoms with E-state index >= 15 is 0 Å². The zero-order valence-electron chi connectivity index (χ0n) is 16.3. The number of likely N-dealkylation sites (tertiary alicyclic amines) is 1. The number of nitrogens with one attached hydrogen (secondary N) is 1. The number of piperazine rings is 1. The molecule has 1 N–H and O–H groups in total. The normalized spacial score (nSPS) is 25.2. The predicted octanol–water partition coefficient (Wildman–Crippen LogP) is 1.38. The average Bonchev–Trinajstić information content (AvgIpc) is 3.13. The molecule has 6 nitrogen and oxygen atoms in total. The van der Waals surface area contributed by atoms with Gasteiger partial charge in [0.25, 0.3) is 0 Å². The molecule has 1 amide bonds. The third-order valence-electron chi connectivity index (χ3n) is 5.99. The Kier molecular flexibility index (Phi) is 5.87. The van der Waals surface area contributed by atoms with E-state index in [4.69, 9.17) is 4.99 Å². The van der Waals surface area contributed by atoms with Crippen molar-refractivity contribution in [3.8, 4) is 0 Å². The van der Waals surface area contributed by atoms with Crippen LogP contribution in [0.5, 0.6) is 0 Å². The zero-order chi connectivity index (χ0) is 17.9. The van der Waals surface area contributed by atoms with E-state index in [2.05, 4.69) is 35.9 Å². The van der Waals surface area contributed by atoms with E-state index in [-0.39, 0.29) is 6.04 Å². The van der Waals surface area contributed by atoms with Gasteiger partial charge < -0.3 is 15.1 Å². The number of guanidine groups is 1. The van der Waals surface area contributed by atoms with Crippen molar-refractivity contribution in [1.82, 2.24) is 20.0 Å². The summed E-state index contributed by atoms with van der Waals surface area (Å²) in [7, 11) is 0. The monoisotopic (exact) mass is 349 g/mol. The van der Waals surface area contributed by atoms with E-state index < -0.39 is 0 Å². The summed E-state index contributed by atoms with van der Waals surface area (Å²) in [6, 6.07) is 0.00477. The molecule has 1 atom stereocenters. The van der Waals surface area contributed by atoms with Gasteiger partial charge in [-0.05, 0) is 44.9 Å². The van der Waals surface area contributed by atoms with E-state index in [1.807, 2.05) is 4.90 Å². The minimum absolute atomic E-state index is 0.00477. The Bertz CT molecular complexity index is 488. The molecule has 1 saturated carbocycles. The molecule has 1 aliphatic carbocycles. The van der Waals surface area contributed by atoms with Gasteiger partial charge in [0.2, 0.25) is 5.91 Å². The molecule has 2 heterocycles. The van der Waals surface area contributed by atoms with E-state index in [1.165, 1.54) is 12.8 Å². The quantitative estimate of drug-likeness (QED) is 0.602. The van der Waals surface area contributed by atoms with Crippen LogP contribution in [0.2, 0.25) is 0 Å². The third-order valence-corrected chi connectivity index (χ3v) is 5.99. The first-order valence-corrected chi connectivity index (χ1v) is 10.1. The van der Waals surface area contributed by atoms with E-state index in [0.717, 1.165) is 71.2 Å². The zero-order valence-corrected chi connectivity index (χ0v) is 16.3. The van der Waals surface area contributed by atoms with E-state index in [1.54, 1.807) is 0 Å². The van der Waals surface area contributed by atoms with Crippen molar-refractivity contribution in [2.24, 2.45) is 10.4 Å². The highest BCUT2D eigenvalue weighted by atomic mass is 16.2. The Morgan fingerprint density at radius 3 is 2.28 bits per heavy atom. The molecular weight excluding hydrogens is 314 g/mol. The second-order valence-electron chi connectivity index (χ2n) is 8.21. The van der Waals surface area contributed by atoms with Crippen molar-refractivity contribution < 1.29 is 4.79 Å².